The quantitative estimate of drug-likeness (QED) is 0.350. The molecule has 0 unspecified atom stereocenters. The minimum Gasteiger partial charge on any atom is -0.476 e. The number of benzene rings is 2. The van der Waals surface area contributed by atoms with Gasteiger partial charge in [0.1, 0.15) is 5.75 Å². The first-order valence-electron chi connectivity index (χ1n) is 9.15. The molecule has 0 saturated carbocycles. The van der Waals surface area contributed by atoms with Gasteiger partial charge in [0.25, 0.3) is 0 Å². The fourth-order valence-corrected chi connectivity index (χ4v) is 2.76. The molecule has 30 heavy (non-hydrogen) atoms. The highest BCUT2D eigenvalue weighted by Crippen LogP contribution is 2.22. The fraction of sp³-hybridized carbons (Fsp3) is 0.273. The summed E-state index contributed by atoms with van der Waals surface area (Å²) >= 11 is 0. The van der Waals surface area contributed by atoms with Crippen molar-refractivity contribution in [2.75, 3.05) is 0 Å². The maximum absolute atomic E-state index is 12.6. The number of hydrogen-bond donors (Lipinski definition) is 0. The van der Waals surface area contributed by atoms with Crippen LogP contribution in [0.5, 0.6) is 5.75 Å². The predicted octanol–water partition coefficient (Wildman–Crippen LogP) is 4.30. The third-order valence-corrected chi connectivity index (χ3v) is 4.38. The molecule has 0 aliphatic rings. The van der Waals surface area contributed by atoms with E-state index >= 15 is 0 Å². The zero-order valence-electron chi connectivity index (χ0n) is 17.1. The number of ether oxygens (including phenoxy) is 2. The number of ketones is 1. The fourth-order valence-electron chi connectivity index (χ4n) is 2.44. The van der Waals surface area contributed by atoms with E-state index < -0.39 is 21.8 Å². The standard InChI is InChI=1S/C22H23FO6S/c1-15(2)28-21(25)22(3,4)29-19-11-9-18(10-12-19)20(24)17-7-5-16(6-8-17)13-14-30(23,26)27/h5-15H,1-4H3/b14-13+. The minimum absolute atomic E-state index is 0.256. The molecule has 2 aromatic rings. The van der Waals surface area contributed by atoms with Crippen LogP contribution in [0.25, 0.3) is 6.08 Å². The highest BCUT2D eigenvalue weighted by molar-refractivity contribution is 7.89. The van der Waals surface area contributed by atoms with Gasteiger partial charge in [-0.2, -0.15) is 8.42 Å². The van der Waals surface area contributed by atoms with Gasteiger partial charge < -0.3 is 9.47 Å². The molecule has 0 spiro atoms. The van der Waals surface area contributed by atoms with E-state index in [4.69, 9.17) is 9.47 Å². The molecule has 0 aromatic heterocycles. The highest BCUT2D eigenvalue weighted by Gasteiger charge is 2.32. The van der Waals surface area contributed by atoms with Gasteiger partial charge in [-0.25, -0.2) is 4.79 Å². The van der Waals surface area contributed by atoms with Crippen molar-refractivity contribution in [3.05, 3.63) is 70.6 Å². The SMILES string of the molecule is CC(C)OC(=O)C(C)(C)Oc1ccc(C(=O)c2ccc(/C=C/S(=O)(=O)F)cc2)cc1. The molecule has 0 heterocycles. The molecule has 8 heteroatoms. The number of carbonyl (C=O) groups excluding carboxylic acids is 2. The van der Waals surface area contributed by atoms with Gasteiger partial charge in [-0.1, -0.05) is 24.3 Å². The third-order valence-electron chi connectivity index (χ3n) is 3.92. The second kappa shape index (κ2) is 9.21. The first-order chi connectivity index (χ1) is 13.9. The summed E-state index contributed by atoms with van der Waals surface area (Å²) in [6.45, 7) is 6.70. The van der Waals surface area contributed by atoms with Crippen molar-refractivity contribution < 1.29 is 31.4 Å². The van der Waals surface area contributed by atoms with Crippen molar-refractivity contribution in [3.63, 3.8) is 0 Å². The molecular formula is C22H23FO6S. The lowest BCUT2D eigenvalue weighted by atomic mass is 10.0. The van der Waals surface area contributed by atoms with E-state index in [0.29, 0.717) is 27.8 Å². The van der Waals surface area contributed by atoms with Gasteiger partial charge in [-0.05, 0) is 63.6 Å². The van der Waals surface area contributed by atoms with Crippen LogP contribution < -0.4 is 4.74 Å². The molecule has 0 bridgehead atoms. The predicted molar refractivity (Wildman–Crippen MR) is 111 cm³/mol. The molecule has 0 aliphatic heterocycles. The lowest BCUT2D eigenvalue weighted by Gasteiger charge is -2.25. The van der Waals surface area contributed by atoms with Crippen LogP contribution >= 0.6 is 0 Å². The Kier molecular flexibility index (Phi) is 7.15. The van der Waals surface area contributed by atoms with Crippen LogP contribution in [-0.2, 0) is 19.8 Å². The highest BCUT2D eigenvalue weighted by atomic mass is 32.3. The Balaban J connectivity index is 2.10. The van der Waals surface area contributed by atoms with Gasteiger partial charge in [-0.3, -0.25) is 4.79 Å². The van der Waals surface area contributed by atoms with Crippen LogP contribution in [0.2, 0.25) is 0 Å². The Morgan fingerprint density at radius 3 is 1.93 bits per heavy atom. The summed E-state index contributed by atoms with van der Waals surface area (Å²) in [5, 5.41) is 0.445. The van der Waals surface area contributed by atoms with E-state index in [2.05, 4.69) is 0 Å². The van der Waals surface area contributed by atoms with E-state index in [-0.39, 0.29) is 11.9 Å². The molecule has 0 saturated heterocycles. The number of carbonyl (C=O) groups is 2. The molecule has 0 atom stereocenters. The lowest BCUT2D eigenvalue weighted by Crippen LogP contribution is -2.40. The average molecular weight is 434 g/mol. The van der Waals surface area contributed by atoms with Gasteiger partial charge in [-0.15, -0.1) is 3.89 Å². The molecule has 0 aliphatic carbocycles. The van der Waals surface area contributed by atoms with E-state index in [1.807, 2.05) is 0 Å². The van der Waals surface area contributed by atoms with Crippen molar-refractivity contribution in [1.29, 1.82) is 0 Å². The lowest BCUT2D eigenvalue weighted by molar-refractivity contribution is -0.163. The Bertz CT molecular complexity index is 1040. The third kappa shape index (κ3) is 6.81. The molecule has 0 N–H and O–H groups in total. The van der Waals surface area contributed by atoms with Crippen molar-refractivity contribution in [2.45, 2.75) is 39.4 Å². The topological polar surface area (TPSA) is 86.7 Å². The molecule has 0 radical (unpaired) electrons. The summed E-state index contributed by atoms with van der Waals surface area (Å²) in [5.74, 6) is -0.341. The summed E-state index contributed by atoms with van der Waals surface area (Å²) in [6.07, 6.45) is 0.838. The molecule has 2 rings (SSSR count). The maximum atomic E-state index is 12.6. The second-order valence-corrected chi connectivity index (χ2v) is 8.54. The summed E-state index contributed by atoms with van der Waals surface area (Å²) in [4.78, 5) is 24.7. The van der Waals surface area contributed by atoms with Crippen LogP contribution in [0.15, 0.2) is 53.9 Å². The summed E-state index contributed by atoms with van der Waals surface area (Å²) in [5.41, 5.74) is 0.0306. The zero-order chi connectivity index (χ0) is 22.5. The molecule has 160 valence electrons. The normalized spacial score (nSPS) is 12.2. The molecule has 0 amide bonds. The van der Waals surface area contributed by atoms with Crippen molar-refractivity contribution in [2.24, 2.45) is 0 Å². The number of esters is 1. The largest absolute Gasteiger partial charge is 0.476 e. The van der Waals surface area contributed by atoms with Crippen LogP contribution in [0.4, 0.5) is 3.89 Å². The number of rotatable bonds is 8. The molecule has 6 nitrogen and oxygen atoms in total. The van der Waals surface area contributed by atoms with E-state index in [0.717, 1.165) is 6.08 Å². The maximum Gasteiger partial charge on any atom is 0.350 e. The van der Waals surface area contributed by atoms with Crippen LogP contribution in [-0.4, -0.2) is 31.9 Å². The average Bonchev–Trinajstić information content (AvgIpc) is 2.65. The molecule has 0 fully saturated rings. The zero-order valence-corrected chi connectivity index (χ0v) is 17.9. The monoisotopic (exact) mass is 434 g/mol. The summed E-state index contributed by atoms with van der Waals surface area (Å²) in [7, 11) is -4.71. The van der Waals surface area contributed by atoms with Gasteiger partial charge in [0, 0.05) is 11.1 Å². The first kappa shape index (κ1) is 23.3. The second-order valence-electron chi connectivity index (χ2n) is 7.32. The Morgan fingerprint density at radius 2 is 1.47 bits per heavy atom. The Labute approximate surface area is 175 Å². The summed E-state index contributed by atoms with van der Waals surface area (Å²) < 4.78 is 44.5. The molecular weight excluding hydrogens is 411 g/mol. The number of halogens is 1. The van der Waals surface area contributed by atoms with E-state index in [1.54, 1.807) is 52.0 Å². The first-order valence-corrected chi connectivity index (χ1v) is 10.6. The smallest absolute Gasteiger partial charge is 0.350 e. The Hall–Kier alpha value is -3.00. The minimum atomic E-state index is -4.71. The summed E-state index contributed by atoms with van der Waals surface area (Å²) in [6, 6.07) is 12.4. The van der Waals surface area contributed by atoms with Crippen molar-refractivity contribution >= 4 is 28.1 Å². The van der Waals surface area contributed by atoms with Gasteiger partial charge >= 0.3 is 16.2 Å². The van der Waals surface area contributed by atoms with Crippen molar-refractivity contribution in [1.82, 2.24) is 0 Å². The number of hydrogen-bond acceptors (Lipinski definition) is 6. The van der Waals surface area contributed by atoms with Crippen molar-refractivity contribution in [3.8, 4) is 5.75 Å². The van der Waals surface area contributed by atoms with Gasteiger partial charge in [0.05, 0.1) is 11.5 Å². The molecule has 2 aromatic carbocycles. The van der Waals surface area contributed by atoms with Gasteiger partial charge in [0.2, 0.25) is 0 Å². The van der Waals surface area contributed by atoms with Crippen LogP contribution in [0.3, 0.4) is 0 Å². The van der Waals surface area contributed by atoms with E-state index in [9.17, 15) is 21.9 Å². The van der Waals surface area contributed by atoms with Gasteiger partial charge in [0.15, 0.2) is 11.4 Å². The van der Waals surface area contributed by atoms with Crippen LogP contribution in [0.1, 0.15) is 49.2 Å². The van der Waals surface area contributed by atoms with Crippen LogP contribution in [0, 0.1) is 0 Å². The van der Waals surface area contributed by atoms with E-state index in [1.165, 1.54) is 24.3 Å². The Morgan fingerprint density at radius 1 is 0.967 bits per heavy atom.